The monoisotopic (exact) mass is 257 g/mol. The molecule has 0 aromatic carbocycles. The molecule has 0 aromatic rings. The number of nitrogens with one attached hydrogen (secondary N) is 2. The van der Waals surface area contributed by atoms with Gasteiger partial charge in [0, 0.05) is 19.6 Å². The van der Waals surface area contributed by atoms with E-state index >= 15 is 0 Å². The molecule has 0 aromatic heterocycles. The molecule has 1 saturated heterocycles. The summed E-state index contributed by atoms with van der Waals surface area (Å²) in [6.07, 6.45) is 0.748. The van der Waals surface area contributed by atoms with Gasteiger partial charge in [-0.25, -0.2) is 0 Å². The van der Waals surface area contributed by atoms with E-state index in [1.54, 1.807) is 0 Å². The normalized spacial score (nSPS) is 25.7. The molecule has 0 radical (unpaired) electrons. The Bertz CT molecular complexity index is 275. The lowest BCUT2D eigenvalue weighted by Crippen LogP contribution is -2.51. The van der Waals surface area contributed by atoms with Gasteiger partial charge in [0.15, 0.2) is 0 Å². The fourth-order valence-corrected chi connectivity index (χ4v) is 2.12. The van der Waals surface area contributed by atoms with Crippen molar-refractivity contribution in [1.82, 2.24) is 15.5 Å². The molecule has 5 nitrogen and oxygen atoms in total. The first-order chi connectivity index (χ1) is 8.34. The molecule has 1 heterocycles. The predicted octanol–water partition coefficient (Wildman–Crippen LogP) is -0.197. The molecule has 0 bridgehead atoms. The Morgan fingerprint density at radius 2 is 2.17 bits per heavy atom. The van der Waals surface area contributed by atoms with Gasteiger partial charge >= 0.3 is 0 Å². The lowest BCUT2D eigenvalue weighted by Gasteiger charge is -2.31. The van der Waals surface area contributed by atoms with Crippen LogP contribution >= 0.6 is 0 Å². The summed E-state index contributed by atoms with van der Waals surface area (Å²) in [6, 6.07) is -0.214. The largest absolute Gasteiger partial charge is 0.387 e. The SMILES string of the molecule is CC(C)CNC(=O)C(C)N(C)CC1(O)CCNC1. The zero-order chi connectivity index (χ0) is 13.8. The summed E-state index contributed by atoms with van der Waals surface area (Å²) in [5.41, 5.74) is -0.693. The molecule has 3 N–H and O–H groups in total. The third kappa shape index (κ3) is 4.55. The molecule has 18 heavy (non-hydrogen) atoms. The van der Waals surface area contributed by atoms with Crippen molar-refractivity contribution in [2.24, 2.45) is 5.92 Å². The second-order valence-corrected chi connectivity index (χ2v) is 5.88. The summed E-state index contributed by atoms with van der Waals surface area (Å²) in [5, 5.41) is 16.3. The molecule has 1 aliphatic rings. The van der Waals surface area contributed by atoms with E-state index < -0.39 is 5.60 Å². The average Bonchev–Trinajstić information content (AvgIpc) is 2.71. The summed E-state index contributed by atoms with van der Waals surface area (Å²) >= 11 is 0. The molecule has 2 unspecified atom stereocenters. The summed E-state index contributed by atoms with van der Waals surface area (Å²) in [6.45, 7) is 8.69. The van der Waals surface area contributed by atoms with Crippen LogP contribution in [-0.2, 0) is 4.79 Å². The van der Waals surface area contributed by atoms with Gasteiger partial charge < -0.3 is 15.7 Å². The number of aliphatic hydroxyl groups is 1. The summed E-state index contributed by atoms with van der Waals surface area (Å²) < 4.78 is 0. The van der Waals surface area contributed by atoms with Crippen molar-refractivity contribution in [2.45, 2.75) is 38.8 Å². The van der Waals surface area contributed by atoms with Crippen molar-refractivity contribution in [2.75, 3.05) is 33.2 Å². The van der Waals surface area contributed by atoms with Crippen LogP contribution in [0.4, 0.5) is 0 Å². The Balaban J connectivity index is 2.40. The molecular formula is C13H27N3O2. The standard InChI is InChI=1S/C13H27N3O2/c1-10(2)7-15-12(17)11(3)16(4)9-13(18)5-6-14-8-13/h10-11,14,18H,5-9H2,1-4H3,(H,15,17). The van der Waals surface area contributed by atoms with Crippen LogP contribution in [0.15, 0.2) is 0 Å². The zero-order valence-electron chi connectivity index (χ0n) is 12.0. The minimum Gasteiger partial charge on any atom is -0.387 e. The third-order valence-electron chi connectivity index (χ3n) is 3.49. The molecule has 1 rings (SSSR count). The van der Waals surface area contributed by atoms with Crippen LogP contribution in [0.2, 0.25) is 0 Å². The number of β-amino-alcohol motifs (C(OH)–C–C–N with tert-alkyl or cyclic N) is 1. The van der Waals surface area contributed by atoms with Gasteiger partial charge in [-0.05, 0) is 32.9 Å². The van der Waals surface area contributed by atoms with Gasteiger partial charge in [-0.3, -0.25) is 9.69 Å². The second-order valence-electron chi connectivity index (χ2n) is 5.88. The minimum absolute atomic E-state index is 0.0285. The maximum absolute atomic E-state index is 11.9. The first-order valence-electron chi connectivity index (χ1n) is 6.75. The summed E-state index contributed by atoms with van der Waals surface area (Å²) in [4.78, 5) is 13.8. The van der Waals surface area contributed by atoms with Crippen molar-refractivity contribution in [3.05, 3.63) is 0 Å². The highest BCUT2D eigenvalue weighted by atomic mass is 16.3. The lowest BCUT2D eigenvalue weighted by molar-refractivity contribution is -0.126. The molecule has 1 fully saturated rings. The van der Waals surface area contributed by atoms with Crippen LogP contribution < -0.4 is 10.6 Å². The van der Waals surface area contributed by atoms with E-state index in [1.807, 2.05) is 18.9 Å². The number of amides is 1. The molecule has 0 aliphatic carbocycles. The predicted molar refractivity (Wildman–Crippen MR) is 72.4 cm³/mol. The van der Waals surface area contributed by atoms with Crippen molar-refractivity contribution >= 4 is 5.91 Å². The van der Waals surface area contributed by atoms with E-state index in [1.165, 1.54) is 0 Å². The third-order valence-corrected chi connectivity index (χ3v) is 3.49. The average molecular weight is 257 g/mol. The van der Waals surface area contributed by atoms with Crippen LogP contribution in [-0.4, -0.2) is 60.8 Å². The Hall–Kier alpha value is -0.650. The van der Waals surface area contributed by atoms with E-state index in [0.717, 1.165) is 13.0 Å². The summed E-state index contributed by atoms with van der Waals surface area (Å²) in [7, 11) is 1.88. The molecule has 0 spiro atoms. The lowest BCUT2D eigenvalue weighted by atomic mass is 10.0. The van der Waals surface area contributed by atoms with Gasteiger partial charge in [-0.15, -0.1) is 0 Å². The zero-order valence-corrected chi connectivity index (χ0v) is 12.0. The highest BCUT2D eigenvalue weighted by Gasteiger charge is 2.34. The van der Waals surface area contributed by atoms with Crippen LogP contribution in [0, 0.1) is 5.92 Å². The number of likely N-dealkylation sites (N-methyl/N-ethyl adjacent to an activating group) is 1. The first kappa shape index (κ1) is 15.4. The Kier molecular flexibility index (Phi) is 5.56. The van der Waals surface area contributed by atoms with Crippen LogP contribution in [0.1, 0.15) is 27.2 Å². The van der Waals surface area contributed by atoms with Crippen LogP contribution in [0.3, 0.4) is 0 Å². The number of hydrogen-bond donors (Lipinski definition) is 3. The highest BCUT2D eigenvalue weighted by molar-refractivity contribution is 5.81. The van der Waals surface area contributed by atoms with Crippen molar-refractivity contribution < 1.29 is 9.90 Å². The smallest absolute Gasteiger partial charge is 0.237 e. The maximum atomic E-state index is 11.9. The van der Waals surface area contributed by atoms with Crippen molar-refractivity contribution in [3.63, 3.8) is 0 Å². The molecule has 1 aliphatic heterocycles. The number of rotatable bonds is 6. The molecular weight excluding hydrogens is 230 g/mol. The molecule has 1 amide bonds. The first-order valence-corrected chi connectivity index (χ1v) is 6.75. The quantitative estimate of drug-likeness (QED) is 0.617. The molecule has 106 valence electrons. The maximum Gasteiger partial charge on any atom is 0.237 e. The van der Waals surface area contributed by atoms with Gasteiger partial charge in [-0.1, -0.05) is 13.8 Å². The van der Waals surface area contributed by atoms with Gasteiger partial charge in [0.1, 0.15) is 0 Å². The van der Waals surface area contributed by atoms with E-state index in [2.05, 4.69) is 24.5 Å². The highest BCUT2D eigenvalue weighted by Crippen LogP contribution is 2.16. The second kappa shape index (κ2) is 6.50. The fourth-order valence-electron chi connectivity index (χ4n) is 2.12. The number of carbonyl (C=O) groups is 1. The van der Waals surface area contributed by atoms with E-state index in [0.29, 0.717) is 25.6 Å². The Morgan fingerprint density at radius 1 is 1.50 bits per heavy atom. The topological polar surface area (TPSA) is 64.6 Å². The molecule has 0 saturated carbocycles. The van der Waals surface area contributed by atoms with Gasteiger partial charge in [-0.2, -0.15) is 0 Å². The van der Waals surface area contributed by atoms with Gasteiger partial charge in [0.25, 0.3) is 0 Å². The van der Waals surface area contributed by atoms with Crippen molar-refractivity contribution in [1.29, 1.82) is 0 Å². The number of carbonyl (C=O) groups excluding carboxylic acids is 1. The van der Waals surface area contributed by atoms with Crippen molar-refractivity contribution in [3.8, 4) is 0 Å². The van der Waals surface area contributed by atoms with E-state index in [9.17, 15) is 9.90 Å². The fraction of sp³-hybridized carbons (Fsp3) is 0.923. The van der Waals surface area contributed by atoms with Gasteiger partial charge in [0.2, 0.25) is 5.91 Å². The Labute approximate surface area is 110 Å². The number of hydrogen-bond acceptors (Lipinski definition) is 4. The minimum atomic E-state index is -0.693. The van der Waals surface area contributed by atoms with E-state index in [4.69, 9.17) is 0 Å². The van der Waals surface area contributed by atoms with E-state index in [-0.39, 0.29) is 11.9 Å². The van der Waals surface area contributed by atoms with Crippen LogP contribution in [0.5, 0.6) is 0 Å². The molecule has 5 heteroatoms. The Morgan fingerprint density at radius 3 is 2.67 bits per heavy atom. The number of nitrogens with zero attached hydrogens (tertiary/aromatic N) is 1. The summed E-state index contributed by atoms with van der Waals surface area (Å²) in [5.74, 6) is 0.482. The molecule has 2 atom stereocenters. The van der Waals surface area contributed by atoms with Gasteiger partial charge in [0.05, 0.1) is 11.6 Å². The van der Waals surface area contributed by atoms with Crippen LogP contribution in [0.25, 0.3) is 0 Å².